The van der Waals surface area contributed by atoms with E-state index >= 15 is 0 Å². The Morgan fingerprint density at radius 2 is 1.50 bits per heavy atom. The Morgan fingerprint density at radius 1 is 1.00 bits per heavy atom. The van der Waals surface area contributed by atoms with Gasteiger partial charge in [0, 0.05) is 10.8 Å². The van der Waals surface area contributed by atoms with Crippen molar-refractivity contribution < 1.29 is 0 Å². The topological polar surface area (TPSA) is 28.8 Å². The number of para-hydroxylation sites is 2. The Hall–Kier alpha value is -1.74. The molecular weight excluding hydrogens is 240 g/mol. The average molecular weight is 254 g/mol. The SMILES string of the molecule is CCSC(=N)n1c2ccccc2c2ccccc21. The van der Waals surface area contributed by atoms with Gasteiger partial charge in [-0.25, -0.2) is 0 Å². The summed E-state index contributed by atoms with van der Waals surface area (Å²) in [5.74, 6) is 0.916. The molecule has 3 heteroatoms. The fourth-order valence-electron chi connectivity index (χ4n) is 2.34. The molecule has 3 rings (SSSR count). The highest BCUT2D eigenvalue weighted by molar-refractivity contribution is 8.13. The first-order chi connectivity index (χ1) is 8.83. The molecule has 0 unspecified atom stereocenters. The molecule has 0 saturated carbocycles. The summed E-state index contributed by atoms with van der Waals surface area (Å²) in [6, 6.07) is 16.6. The fraction of sp³-hybridized carbons (Fsp3) is 0.133. The van der Waals surface area contributed by atoms with Crippen LogP contribution in [0.5, 0.6) is 0 Å². The lowest BCUT2D eigenvalue weighted by molar-refractivity contribution is 1.27. The Labute approximate surface area is 110 Å². The summed E-state index contributed by atoms with van der Waals surface area (Å²) in [5, 5.41) is 11.3. The second kappa shape index (κ2) is 4.50. The molecule has 18 heavy (non-hydrogen) atoms. The summed E-state index contributed by atoms with van der Waals surface area (Å²) < 4.78 is 2.04. The number of nitrogens with one attached hydrogen (secondary N) is 1. The molecule has 0 aliphatic heterocycles. The highest BCUT2D eigenvalue weighted by atomic mass is 32.2. The number of hydrogen-bond acceptors (Lipinski definition) is 2. The Bertz CT molecular complexity index is 674. The molecule has 0 spiro atoms. The van der Waals surface area contributed by atoms with E-state index < -0.39 is 0 Å². The minimum absolute atomic E-state index is 0.592. The monoisotopic (exact) mass is 254 g/mol. The first-order valence-corrected chi connectivity index (χ1v) is 7.01. The van der Waals surface area contributed by atoms with Crippen molar-refractivity contribution in [3.8, 4) is 0 Å². The van der Waals surface area contributed by atoms with E-state index in [0.29, 0.717) is 5.17 Å². The van der Waals surface area contributed by atoms with Gasteiger partial charge in [0.25, 0.3) is 0 Å². The van der Waals surface area contributed by atoms with Crippen molar-refractivity contribution in [2.24, 2.45) is 0 Å². The maximum Gasteiger partial charge on any atom is 0.165 e. The molecule has 90 valence electrons. The van der Waals surface area contributed by atoms with Crippen molar-refractivity contribution in [1.82, 2.24) is 4.57 Å². The van der Waals surface area contributed by atoms with Crippen molar-refractivity contribution in [2.45, 2.75) is 6.92 Å². The van der Waals surface area contributed by atoms with Gasteiger partial charge >= 0.3 is 0 Å². The molecule has 1 N–H and O–H groups in total. The van der Waals surface area contributed by atoms with E-state index in [0.717, 1.165) is 16.8 Å². The maximum absolute atomic E-state index is 8.24. The molecule has 2 nitrogen and oxygen atoms in total. The van der Waals surface area contributed by atoms with Crippen LogP contribution in [0.15, 0.2) is 48.5 Å². The zero-order valence-electron chi connectivity index (χ0n) is 10.2. The van der Waals surface area contributed by atoms with Gasteiger partial charge < -0.3 is 0 Å². The smallest absolute Gasteiger partial charge is 0.165 e. The summed E-state index contributed by atoms with van der Waals surface area (Å²) in [7, 11) is 0. The number of benzene rings is 2. The van der Waals surface area contributed by atoms with Crippen LogP contribution in [-0.2, 0) is 0 Å². The van der Waals surface area contributed by atoms with Gasteiger partial charge in [-0.3, -0.25) is 9.98 Å². The van der Waals surface area contributed by atoms with Crippen LogP contribution in [0, 0.1) is 5.41 Å². The Kier molecular flexibility index (Phi) is 2.84. The van der Waals surface area contributed by atoms with Crippen LogP contribution in [0.3, 0.4) is 0 Å². The predicted molar refractivity (Wildman–Crippen MR) is 80.7 cm³/mol. The van der Waals surface area contributed by atoms with Crippen LogP contribution in [0.2, 0.25) is 0 Å². The minimum atomic E-state index is 0.592. The number of thioether (sulfide) groups is 1. The molecule has 0 saturated heterocycles. The largest absolute Gasteiger partial charge is 0.289 e. The average Bonchev–Trinajstić information content (AvgIpc) is 2.73. The third-order valence-electron chi connectivity index (χ3n) is 3.06. The first-order valence-electron chi connectivity index (χ1n) is 6.03. The van der Waals surface area contributed by atoms with Gasteiger partial charge in [0.2, 0.25) is 0 Å². The maximum atomic E-state index is 8.24. The van der Waals surface area contributed by atoms with E-state index in [1.165, 1.54) is 10.8 Å². The number of hydrogen-bond donors (Lipinski definition) is 1. The number of fused-ring (bicyclic) bond motifs is 3. The number of rotatable bonds is 1. The highest BCUT2D eigenvalue weighted by Crippen LogP contribution is 2.29. The van der Waals surface area contributed by atoms with E-state index in [1.807, 2.05) is 16.7 Å². The van der Waals surface area contributed by atoms with Crippen LogP contribution in [0.1, 0.15) is 6.92 Å². The summed E-state index contributed by atoms with van der Waals surface area (Å²) in [4.78, 5) is 0. The second-order valence-corrected chi connectivity index (χ2v) is 5.36. The van der Waals surface area contributed by atoms with Crippen LogP contribution in [0.4, 0.5) is 0 Å². The third-order valence-corrected chi connectivity index (χ3v) is 3.81. The van der Waals surface area contributed by atoms with Gasteiger partial charge in [-0.1, -0.05) is 55.1 Å². The molecule has 0 atom stereocenters. The van der Waals surface area contributed by atoms with Gasteiger partial charge in [0.05, 0.1) is 11.0 Å². The van der Waals surface area contributed by atoms with Gasteiger partial charge in [-0.05, 0) is 17.9 Å². The lowest BCUT2D eigenvalue weighted by Crippen LogP contribution is -2.05. The van der Waals surface area contributed by atoms with Crippen molar-refractivity contribution in [1.29, 1.82) is 5.41 Å². The van der Waals surface area contributed by atoms with Crippen LogP contribution >= 0.6 is 11.8 Å². The highest BCUT2D eigenvalue weighted by Gasteiger charge is 2.12. The standard InChI is InChI=1S/C15H14N2S/c1-2-18-15(16)17-13-9-5-3-7-11(13)12-8-4-6-10-14(12)17/h3-10,16H,2H2,1H3. The summed E-state index contributed by atoms with van der Waals surface area (Å²) in [5.41, 5.74) is 2.23. The van der Waals surface area contributed by atoms with E-state index in [2.05, 4.69) is 43.3 Å². The predicted octanol–water partition coefficient (Wildman–Crippen LogP) is 4.33. The molecule has 0 bridgehead atoms. The molecular formula is C15H14N2S. The molecule has 1 aromatic heterocycles. The molecule has 0 amide bonds. The summed E-state index contributed by atoms with van der Waals surface area (Å²) in [6.07, 6.45) is 0. The molecule has 1 heterocycles. The third kappa shape index (κ3) is 1.63. The minimum Gasteiger partial charge on any atom is -0.289 e. The zero-order valence-corrected chi connectivity index (χ0v) is 11.0. The number of aromatic nitrogens is 1. The fourth-order valence-corrected chi connectivity index (χ4v) is 2.94. The summed E-state index contributed by atoms with van der Waals surface area (Å²) in [6.45, 7) is 2.08. The molecule has 3 aromatic rings. The van der Waals surface area contributed by atoms with Crippen LogP contribution in [-0.4, -0.2) is 15.5 Å². The van der Waals surface area contributed by atoms with E-state index in [9.17, 15) is 0 Å². The van der Waals surface area contributed by atoms with Gasteiger partial charge in [-0.2, -0.15) is 0 Å². The molecule has 2 aromatic carbocycles. The van der Waals surface area contributed by atoms with Gasteiger partial charge in [0.15, 0.2) is 5.17 Å². The lowest BCUT2D eigenvalue weighted by Gasteiger charge is -2.06. The van der Waals surface area contributed by atoms with E-state index in [4.69, 9.17) is 5.41 Å². The van der Waals surface area contributed by atoms with E-state index in [1.54, 1.807) is 11.8 Å². The van der Waals surface area contributed by atoms with Crippen molar-refractivity contribution >= 4 is 38.7 Å². The normalized spacial score (nSPS) is 11.2. The van der Waals surface area contributed by atoms with Crippen molar-refractivity contribution in [2.75, 3.05) is 5.75 Å². The lowest BCUT2D eigenvalue weighted by atomic mass is 10.2. The van der Waals surface area contributed by atoms with Crippen molar-refractivity contribution in [3.63, 3.8) is 0 Å². The summed E-state index contributed by atoms with van der Waals surface area (Å²) >= 11 is 1.56. The van der Waals surface area contributed by atoms with Crippen LogP contribution in [0.25, 0.3) is 21.8 Å². The van der Waals surface area contributed by atoms with Gasteiger partial charge in [-0.15, -0.1) is 0 Å². The second-order valence-electron chi connectivity index (χ2n) is 4.11. The van der Waals surface area contributed by atoms with Gasteiger partial charge in [0.1, 0.15) is 0 Å². The molecule has 0 aliphatic rings. The zero-order chi connectivity index (χ0) is 12.5. The first kappa shape index (κ1) is 11.4. The molecule has 0 aliphatic carbocycles. The quantitative estimate of drug-likeness (QED) is 0.508. The Balaban J connectivity index is 2.41. The van der Waals surface area contributed by atoms with E-state index in [-0.39, 0.29) is 0 Å². The number of nitrogens with zero attached hydrogens (tertiary/aromatic N) is 1. The van der Waals surface area contributed by atoms with Crippen molar-refractivity contribution in [3.05, 3.63) is 48.5 Å². The molecule has 0 fully saturated rings. The van der Waals surface area contributed by atoms with Crippen LogP contribution < -0.4 is 0 Å². The molecule has 0 radical (unpaired) electrons. The Morgan fingerprint density at radius 3 is 2.00 bits per heavy atom.